The zero-order valence-electron chi connectivity index (χ0n) is 7.28. The van der Waals surface area contributed by atoms with Crippen molar-refractivity contribution in [3.8, 4) is 0 Å². The molecule has 1 aromatic carbocycles. The molecule has 1 aromatic rings. The van der Waals surface area contributed by atoms with Crippen molar-refractivity contribution in [2.24, 2.45) is 0 Å². The maximum Gasteiger partial charge on any atom is 0.414 e. The monoisotopic (exact) mass is 175 g/mol. The summed E-state index contributed by atoms with van der Waals surface area (Å²) in [6, 6.07) is 7.70. The maximum absolute atomic E-state index is 11.2. The molecule has 0 saturated carbocycles. The highest BCUT2D eigenvalue weighted by Crippen LogP contribution is 2.29. The molecule has 1 aliphatic heterocycles. The number of fused-ring (bicyclic) bond motifs is 1. The number of benzene rings is 1. The summed E-state index contributed by atoms with van der Waals surface area (Å²) in [7, 11) is 1.37. The Hall–Kier alpha value is -1.51. The molecule has 0 fully saturated rings. The van der Waals surface area contributed by atoms with Crippen molar-refractivity contribution in [2.75, 3.05) is 12.0 Å². The van der Waals surface area contributed by atoms with E-state index >= 15 is 0 Å². The Kier molecular flexibility index (Phi) is 1.93. The standard InChI is InChI=1S/C10H9NO2/c1-13-10(12)11-7-6-8-4-2-3-5-9(8)11/h2-5H,6H2,1H3. The predicted molar refractivity (Wildman–Crippen MR) is 48.3 cm³/mol. The van der Waals surface area contributed by atoms with Crippen LogP contribution in [0.3, 0.4) is 0 Å². The summed E-state index contributed by atoms with van der Waals surface area (Å²) in [5.41, 5.74) is 1.97. The molecule has 0 saturated heterocycles. The van der Waals surface area contributed by atoms with Gasteiger partial charge in [0.05, 0.1) is 12.8 Å². The summed E-state index contributed by atoms with van der Waals surface area (Å²) >= 11 is 0. The van der Waals surface area contributed by atoms with Crippen LogP contribution in [0.2, 0.25) is 0 Å². The lowest BCUT2D eigenvalue weighted by molar-refractivity contribution is 0.180. The lowest BCUT2D eigenvalue weighted by Gasteiger charge is -2.13. The minimum atomic E-state index is -0.384. The number of ether oxygens (including phenoxy) is 1. The lowest BCUT2D eigenvalue weighted by Crippen LogP contribution is -2.25. The van der Waals surface area contributed by atoms with E-state index in [1.807, 2.05) is 24.3 Å². The molecule has 3 nitrogen and oxygen atoms in total. The lowest BCUT2D eigenvalue weighted by atomic mass is 10.2. The van der Waals surface area contributed by atoms with Gasteiger partial charge in [-0.25, -0.2) is 4.79 Å². The molecule has 3 heteroatoms. The SMILES string of the molecule is COC(=O)N1[C]Cc2ccccc21. The molecule has 0 unspecified atom stereocenters. The van der Waals surface area contributed by atoms with Gasteiger partial charge in [-0.05, 0) is 11.6 Å². The van der Waals surface area contributed by atoms with E-state index in [0.717, 1.165) is 11.3 Å². The number of hydrogen-bond acceptors (Lipinski definition) is 2. The number of rotatable bonds is 0. The normalized spacial score (nSPS) is 14.1. The van der Waals surface area contributed by atoms with Gasteiger partial charge in [0.15, 0.2) is 0 Å². The van der Waals surface area contributed by atoms with Crippen LogP contribution in [0.15, 0.2) is 24.3 Å². The van der Waals surface area contributed by atoms with Gasteiger partial charge in [0.25, 0.3) is 0 Å². The minimum absolute atomic E-state index is 0.384. The Morgan fingerprint density at radius 2 is 2.31 bits per heavy atom. The fraction of sp³-hybridized carbons (Fsp3) is 0.200. The third-order valence-electron chi connectivity index (χ3n) is 2.02. The third-order valence-corrected chi connectivity index (χ3v) is 2.02. The summed E-state index contributed by atoms with van der Waals surface area (Å²) in [6.45, 7) is 2.93. The Bertz CT molecular complexity index is 335. The maximum atomic E-state index is 11.2. The number of hydrogen-bond donors (Lipinski definition) is 0. The molecule has 2 radical (unpaired) electrons. The van der Waals surface area contributed by atoms with Crippen molar-refractivity contribution in [1.29, 1.82) is 0 Å². The Morgan fingerprint density at radius 1 is 1.54 bits per heavy atom. The highest BCUT2D eigenvalue weighted by molar-refractivity contribution is 5.91. The molecule has 0 aliphatic carbocycles. The van der Waals surface area contributed by atoms with E-state index in [2.05, 4.69) is 11.3 Å². The largest absolute Gasteiger partial charge is 0.452 e. The van der Waals surface area contributed by atoms with Crippen LogP contribution in [0.1, 0.15) is 5.56 Å². The second-order valence-corrected chi connectivity index (χ2v) is 2.77. The van der Waals surface area contributed by atoms with E-state index < -0.39 is 0 Å². The highest BCUT2D eigenvalue weighted by atomic mass is 16.5. The first-order chi connectivity index (χ1) is 6.33. The molecule has 0 bridgehead atoms. The van der Waals surface area contributed by atoms with Gasteiger partial charge in [-0.15, -0.1) is 0 Å². The number of amides is 1. The van der Waals surface area contributed by atoms with Crippen LogP contribution in [0.5, 0.6) is 0 Å². The van der Waals surface area contributed by atoms with E-state index in [4.69, 9.17) is 0 Å². The average Bonchev–Trinajstić information content (AvgIpc) is 2.60. The molecule has 66 valence electrons. The molecular weight excluding hydrogens is 166 g/mol. The number of para-hydroxylation sites is 1. The van der Waals surface area contributed by atoms with E-state index in [-0.39, 0.29) is 6.09 Å². The van der Waals surface area contributed by atoms with Crippen molar-refractivity contribution >= 4 is 11.8 Å². The molecule has 1 heterocycles. The van der Waals surface area contributed by atoms with Crippen molar-refractivity contribution in [1.82, 2.24) is 0 Å². The number of carbonyl (C=O) groups is 1. The van der Waals surface area contributed by atoms with Crippen molar-refractivity contribution in [3.05, 3.63) is 36.4 Å². The van der Waals surface area contributed by atoms with E-state index in [1.165, 1.54) is 12.0 Å². The molecule has 2 rings (SSSR count). The summed E-state index contributed by atoms with van der Waals surface area (Å²) in [5, 5.41) is 0. The summed E-state index contributed by atoms with van der Waals surface area (Å²) in [4.78, 5) is 12.6. The van der Waals surface area contributed by atoms with Gasteiger partial charge in [-0.1, -0.05) is 18.2 Å². The summed E-state index contributed by atoms with van der Waals surface area (Å²) in [6.07, 6.45) is 0.288. The summed E-state index contributed by atoms with van der Waals surface area (Å²) < 4.78 is 4.62. The van der Waals surface area contributed by atoms with Crippen molar-refractivity contribution in [2.45, 2.75) is 6.42 Å². The Labute approximate surface area is 76.9 Å². The van der Waals surface area contributed by atoms with E-state index in [9.17, 15) is 4.79 Å². The van der Waals surface area contributed by atoms with Crippen LogP contribution in [0, 0.1) is 6.54 Å². The van der Waals surface area contributed by atoms with Gasteiger partial charge < -0.3 is 4.74 Å². The van der Waals surface area contributed by atoms with E-state index in [0.29, 0.717) is 6.42 Å². The Morgan fingerprint density at radius 3 is 3.08 bits per heavy atom. The van der Waals surface area contributed by atoms with Gasteiger partial charge in [0.2, 0.25) is 0 Å². The number of methoxy groups -OCH3 is 1. The molecule has 13 heavy (non-hydrogen) atoms. The second-order valence-electron chi connectivity index (χ2n) is 2.77. The number of anilines is 1. The van der Waals surface area contributed by atoms with Gasteiger partial charge >= 0.3 is 6.09 Å². The topological polar surface area (TPSA) is 29.5 Å². The zero-order valence-corrected chi connectivity index (χ0v) is 7.28. The van der Waals surface area contributed by atoms with Gasteiger partial charge in [0.1, 0.15) is 6.54 Å². The first kappa shape index (κ1) is 8.10. The molecule has 0 spiro atoms. The fourth-order valence-corrected chi connectivity index (χ4v) is 1.38. The first-order valence-electron chi connectivity index (χ1n) is 4.02. The van der Waals surface area contributed by atoms with Crippen LogP contribution in [-0.2, 0) is 11.2 Å². The minimum Gasteiger partial charge on any atom is -0.452 e. The quantitative estimate of drug-likeness (QED) is 0.602. The smallest absolute Gasteiger partial charge is 0.414 e. The third kappa shape index (κ3) is 1.26. The highest BCUT2D eigenvalue weighted by Gasteiger charge is 2.25. The van der Waals surface area contributed by atoms with Crippen molar-refractivity contribution in [3.63, 3.8) is 0 Å². The predicted octanol–water partition coefficient (Wildman–Crippen LogP) is 1.85. The second kappa shape index (κ2) is 3.09. The molecule has 1 aliphatic rings. The number of nitrogens with zero attached hydrogens (tertiary/aromatic N) is 1. The zero-order chi connectivity index (χ0) is 9.26. The molecule has 0 atom stereocenters. The van der Waals surface area contributed by atoms with E-state index in [1.54, 1.807) is 0 Å². The van der Waals surface area contributed by atoms with Crippen LogP contribution in [0.4, 0.5) is 10.5 Å². The van der Waals surface area contributed by atoms with Gasteiger partial charge in [0, 0.05) is 6.42 Å². The van der Waals surface area contributed by atoms with Gasteiger partial charge in [-0.3, -0.25) is 4.90 Å². The number of carbonyl (C=O) groups excluding carboxylic acids is 1. The Balaban J connectivity index is 2.33. The summed E-state index contributed by atoms with van der Waals surface area (Å²) in [5.74, 6) is 0. The first-order valence-corrected chi connectivity index (χ1v) is 4.02. The molecule has 0 N–H and O–H groups in total. The van der Waals surface area contributed by atoms with Crippen molar-refractivity contribution < 1.29 is 9.53 Å². The van der Waals surface area contributed by atoms with Crippen LogP contribution in [0.25, 0.3) is 0 Å². The van der Waals surface area contributed by atoms with Crippen LogP contribution in [-0.4, -0.2) is 13.2 Å². The molecule has 1 amide bonds. The average molecular weight is 175 g/mol. The van der Waals surface area contributed by atoms with Gasteiger partial charge in [-0.2, -0.15) is 0 Å². The van der Waals surface area contributed by atoms with Crippen LogP contribution >= 0.6 is 0 Å². The fourth-order valence-electron chi connectivity index (χ4n) is 1.38. The molecular formula is C10H9NO2. The van der Waals surface area contributed by atoms with Crippen LogP contribution < -0.4 is 4.90 Å². The molecule has 0 aromatic heterocycles.